The van der Waals surface area contributed by atoms with E-state index in [4.69, 9.17) is 4.74 Å². The zero-order valence-electron chi connectivity index (χ0n) is 22.7. The van der Waals surface area contributed by atoms with Crippen LogP contribution in [0.25, 0.3) is 21.8 Å². The van der Waals surface area contributed by atoms with Gasteiger partial charge in [0.15, 0.2) is 17.5 Å². The minimum atomic E-state index is -1.92. The highest BCUT2D eigenvalue weighted by atomic mass is 19.2. The zero-order chi connectivity index (χ0) is 30.3. The first kappa shape index (κ1) is 28.8. The van der Waals surface area contributed by atoms with E-state index in [1.807, 2.05) is 4.90 Å². The molecule has 1 amide bonds. The van der Waals surface area contributed by atoms with Crippen molar-refractivity contribution in [2.45, 2.75) is 39.7 Å². The molecular weight excluding hydrogens is 560 g/mol. The molecule has 1 N–H and O–H groups in total. The number of hydrogen-bond acceptors (Lipinski definition) is 6. The van der Waals surface area contributed by atoms with Crippen LogP contribution < -0.4 is 21.2 Å². The molecule has 3 heterocycles. The highest BCUT2D eigenvalue weighted by molar-refractivity contribution is 6.03. The minimum Gasteiger partial charge on any atom is -0.462 e. The molecule has 0 saturated carbocycles. The van der Waals surface area contributed by atoms with Crippen LogP contribution in [0.1, 0.15) is 53.8 Å². The number of nitrogens with zero attached hydrogens (tertiary/aromatic N) is 3. The molecule has 2 aromatic heterocycles. The van der Waals surface area contributed by atoms with E-state index in [0.717, 1.165) is 25.3 Å². The minimum absolute atomic E-state index is 0.0842. The van der Waals surface area contributed by atoms with Crippen molar-refractivity contribution in [1.82, 2.24) is 9.24 Å². The van der Waals surface area contributed by atoms with Crippen LogP contribution in [0.4, 0.5) is 23.2 Å². The molecule has 2 aromatic carbocycles. The van der Waals surface area contributed by atoms with Crippen LogP contribution in [0.2, 0.25) is 0 Å². The molecule has 5 rings (SSSR count). The van der Waals surface area contributed by atoms with Gasteiger partial charge < -0.3 is 14.2 Å². The maximum absolute atomic E-state index is 15.2. The number of ether oxygens (including phenoxy) is 1. The summed E-state index contributed by atoms with van der Waals surface area (Å²) in [4.78, 5) is 54.0. The van der Waals surface area contributed by atoms with Gasteiger partial charge in [-0.3, -0.25) is 24.5 Å². The number of aryl methyl sites for hydroxylation is 1. The van der Waals surface area contributed by atoms with E-state index in [2.05, 4.69) is 5.43 Å². The molecule has 0 bridgehead atoms. The van der Waals surface area contributed by atoms with Crippen LogP contribution in [-0.2, 0) is 11.3 Å². The number of anilines is 1. The first-order chi connectivity index (χ1) is 20.1. The van der Waals surface area contributed by atoms with E-state index in [0.29, 0.717) is 41.2 Å². The van der Waals surface area contributed by atoms with Gasteiger partial charge in [0, 0.05) is 37.4 Å². The maximum Gasteiger partial charge on any atom is 0.343 e. The number of benzene rings is 2. The number of piperidine rings is 1. The Hall–Kier alpha value is -4.68. The quantitative estimate of drug-likeness (QED) is 0.204. The Morgan fingerprint density at radius 2 is 1.52 bits per heavy atom. The fourth-order valence-electron chi connectivity index (χ4n) is 5.20. The number of fused-ring (bicyclic) bond motifs is 2. The number of hydrogen-bond donors (Lipinski definition) is 1. The Bertz CT molecular complexity index is 1880. The summed E-state index contributed by atoms with van der Waals surface area (Å²) in [6.07, 6.45) is 4.80. The largest absolute Gasteiger partial charge is 0.462 e. The topological polar surface area (TPSA) is 103 Å². The van der Waals surface area contributed by atoms with Crippen LogP contribution in [0.5, 0.6) is 0 Å². The summed E-state index contributed by atoms with van der Waals surface area (Å²) in [5.74, 6) is -8.36. The van der Waals surface area contributed by atoms with E-state index in [1.54, 1.807) is 17.6 Å². The number of nitrogens with one attached hydrogen (secondary N) is 1. The highest BCUT2D eigenvalue weighted by Gasteiger charge is 2.25. The van der Waals surface area contributed by atoms with Crippen LogP contribution in [0.3, 0.4) is 0 Å². The Labute approximate surface area is 235 Å². The van der Waals surface area contributed by atoms with Gasteiger partial charge in [0.1, 0.15) is 22.5 Å². The monoisotopic (exact) mass is 586 g/mol. The zero-order valence-corrected chi connectivity index (χ0v) is 22.7. The third-order valence-corrected chi connectivity index (χ3v) is 7.27. The number of aromatic nitrogens is 2. The first-order valence-electron chi connectivity index (χ1n) is 13.4. The van der Waals surface area contributed by atoms with Crippen molar-refractivity contribution < 1.29 is 31.9 Å². The predicted octanol–water partition coefficient (Wildman–Crippen LogP) is 4.44. The van der Waals surface area contributed by atoms with Crippen molar-refractivity contribution in [3.05, 3.63) is 85.4 Å². The van der Waals surface area contributed by atoms with Gasteiger partial charge in [0.25, 0.3) is 5.91 Å². The molecule has 0 spiro atoms. The number of pyridine rings is 2. The smallest absolute Gasteiger partial charge is 0.343 e. The fraction of sp³-hybridized carbons (Fsp3) is 0.310. The SMILES string of the molecule is CCOC(=O)c1cn(NC(=O)c2cn(CC)c3cc(N4CCCCC4)c(F)cc3c2=O)c2c(F)c(F)c(F)cc2c1=O. The van der Waals surface area contributed by atoms with Crippen molar-refractivity contribution in [2.24, 2.45) is 0 Å². The van der Waals surface area contributed by atoms with Crippen molar-refractivity contribution in [3.8, 4) is 0 Å². The standard InChI is InChI=1S/C29H26F4N4O5/c1-3-35-13-17(26(38)15-10-19(30)22(12-21(15)35)36-8-6-5-7-9-36)28(40)34-37-14-18(29(41)42-4-2)27(39)16-11-20(31)23(32)24(33)25(16)37/h10-14H,3-9H2,1-2H3,(H,34,40). The first-order valence-corrected chi connectivity index (χ1v) is 13.4. The van der Waals surface area contributed by atoms with Gasteiger partial charge in [0.2, 0.25) is 10.9 Å². The molecule has 0 unspecified atom stereocenters. The van der Waals surface area contributed by atoms with Crippen LogP contribution in [0, 0.1) is 23.3 Å². The summed E-state index contributed by atoms with van der Waals surface area (Å²) in [5, 5.41) is -0.840. The summed E-state index contributed by atoms with van der Waals surface area (Å²) in [6.45, 7) is 4.70. The molecule has 9 nitrogen and oxygen atoms in total. The number of carbonyl (C=O) groups excluding carboxylic acids is 2. The molecule has 13 heteroatoms. The second-order valence-electron chi connectivity index (χ2n) is 9.81. The summed E-state index contributed by atoms with van der Waals surface area (Å²) in [5.41, 5.74) is -1.16. The number of amides is 1. The van der Waals surface area contributed by atoms with Gasteiger partial charge in [-0.2, -0.15) is 0 Å². The Kier molecular flexibility index (Phi) is 7.76. The van der Waals surface area contributed by atoms with Gasteiger partial charge in [-0.05, 0) is 51.3 Å². The molecule has 220 valence electrons. The average molecular weight is 587 g/mol. The van der Waals surface area contributed by atoms with Crippen molar-refractivity contribution in [1.29, 1.82) is 0 Å². The number of halogens is 4. The van der Waals surface area contributed by atoms with Crippen LogP contribution in [0.15, 0.2) is 40.2 Å². The van der Waals surface area contributed by atoms with E-state index >= 15 is 4.39 Å². The molecule has 4 aromatic rings. The third kappa shape index (κ3) is 4.88. The summed E-state index contributed by atoms with van der Waals surface area (Å²) in [6, 6.07) is 3.02. The fourth-order valence-corrected chi connectivity index (χ4v) is 5.20. The lowest BCUT2D eigenvalue weighted by Gasteiger charge is -2.29. The number of rotatable bonds is 6. The van der Waals surface area contributed by atoms with Crippen molar-refractivity contribution >= 4 is 39.4 Å². The van der Waals surface area contributed by atoms with Crippen LogP contribution in [-0.4, -0.2) is 40.8 Å². The number of esters is 1. The van der Waals surface area contributed by atoms with E-state index < -0.39 is 68.0 Å². The lowest BCUT2D eigenvalue weighted by molar-refractivity contribution is 0.0524. The van der Waals surface area contributed by atoms with E-state index in [9.17, 15) is 32.3 Å². The average Bonchev–Trinajstić information content (AvgIpc) is 2.98. The molecule has 0 aliphatic carbocycles. The third-order valence-electron chi connectivity index (χ3n) is 7.27. The summed E-state index contributed by atoms with van der Waals surface area (Å²) >= 11 is 0. The Morgan fingerprint density at radius 3 is 2.19 bits per heavy atom. The van der Waals surface area contributed by atoms with Gasteiger partial charge in [-0.1, -0.05) is 0 Å². The second-order valence-corrected chi connectivity index (χ2v) is 9.81. The van der Waals surface area contributed by atoms with E-state index in [-0.39, 0.29) is 18.5 Å². The van der Waals surface area contributed by atoms with Crippen molar-refractivity contribution in [2.75, 3.05) is 30.0 Å². The molecular formula is C29H26F4N4O5. The molecule has 1 aliphatic heterocycles. The lowest BCUT2D eigenvalue weighted by atomic mass is 10.1. The van der Waals surface area contributed by atoms with Gasteiger partial charge in [-0.15, -0.1) is 0 Å². The maximum atomic E-state index is 15.2. The molecule has 42 heavy (non-hydrogen) atoms. The normalized spacial score (nSPS) is 13.5. The molecule has 1 saturated heterocycles. The van der Waals surface area contributed by atoms with Crippen molar-refractivity contribution in [3.63, 3.8) is 0 Å². The van der Waals surface area contributed by atoms with Gasteiger partial charge in [0.05, 0.1) is 23.2 Å². The van der Waals surface area contributed by atoms with E-state index in [1.165, 1.54) is 13.1 Å². The second kappa shape index (κ2) is 11.3. The highest BCUT2D eigenvalue weighted by Crippen LogP contribution is 2.28. The molecule has 0 radical (unpaired) electrons. The Morgan fingerprint density at radius 1 is 0.857 bits per heavy atom. The number of carbonyl (C=O) groups is 2. The van der Waals surface area contributed by atoms with Crippen LogP contribution >= 0.6 is 0 Å². The van der Waals surface area contributed by atoms with Gasteiger partial charge in [-0.25, -0.2) is 22.4 Å². The lowest BCUT2D eigenvalue weighted by Crippen LogP contribution is -2.32. The molecule has 0 atom stereocenters. The molecule has 1 aliphatic rings. The predicted molar refractivity (Wildman–Crippen MR) is 148 cm³/mol. The Balaban J connectivity index is 1.65. The summed E-state index contributed by atoms with van der Waals surface area (Å²) < 4.78 is 65.3. The molecule has 1 fully saturated rings. The van der Waals surface area contributed by atoms with Gasteiger partial charge >= 0.3 is 5.97 Å². The summed E-state index contributed by atoms with van der Waals surface area (Å²) in [7, 11) is 0.